The van der Waals surface area contributed by atoms with Gasteiger partial charge in [-0.15, -0.1) is 0 Å². The molecule has 1 aliphatic heterocycles. The van der Waals surface area contributed by atoms with Crippen LogP contribution < -0.4 is 10.2 Å². The van der Waals surface area contributed by atoms with E-state index in [1.165, 1.54) is 6.33 Å². The number of amides is 1. The fourth-order valence-corrected chi connectivity index (χ4v) is 3.67. The van der Waals surface area contributed by atoms with E-state index < -0.39 is 0 Å². The lowest BCUT2D eigenvalue weighted by Crippen LogP contribution is -2.49. The van der Waals surface area contributed by atoms with Crippen LogP contribution in [0, 0.1) is 13.8 Å². The lowest BCUT2D eigenvalue weighted by Gasteiger charge is -2.35. The van der Waals surface area contributed by atoms with Crippen LogP contribution in [0.15, 0.2) is 30.6 Å². The fraction of sp³-hybridized carbons (Fsp3) is 0.368. The molecule has 0 saturated carbocycles. The molecule has 0 spiro atoms. The zero-order valence-corrected chi connectivity index (χ0v) is 16.6. The minimum Gasteiger partial charge on any atom is -0.354 e. The van der Waals surface area contributed by atoms with Crippen LogP contribution in [-0.2, 0) is 4.79 Å². The highest BCUT2D eigenvalue weighted by Gasteiger charge is 2.22. The molecule has 3 aromatic rings. The van der Waals surface area contributed by atoms with E-state index in [0.29, 0.717) is 23.0 Å². The average molecular weight is 400 g/mol. The van der Waals surface area contributed by atoms with Crippen molar-refractivity contribution in [1.29, 1.82) is 0 Å². The van der Waals surface area contributed by atoms with Crippen molar-refractivity contribution in [2.24, 2.45) is 0 Å². The van der Waals surface area contributed by atoms with Gasteiger partial charge in [-0.2, -0.15) is 14.6 Å². The lowest BCUT2D eigenvalue weighted by atomic mass is 10.2. The number of benzene rings is 1. The molecule has 1 amide bonds. The van der Waals surface area contributed by atoms with Crippen LogP contribution in [0.25, 0.3) is 5.78 Å². The molecule has 1 aromatic carbocycles. The molecule has 0 bridgehead atoms. The standard InChI is InChI=1S/C19H22ClN7O/c1-13-3-4-16(15(20)9-13)24-17(28)11-25-5-7-26(8-6-25)18-10-14(2)23-19-21-12-22-27(18)19/h3-4,9-10,12H,5-8,11H2,1-2H3,(H,24,28). The second kappa shape index (κ2) is 7.73. The first-order valence-electron chi connectivity index (χ1n) is 9.20. The monoisotopic (exact) mass is 399 g/mol. The molecule has 1 N–H and O–H groups in total. The Morgan fingerprint density at radius 3 is 2.71 bits per heavy atom. The number of piperazine rings is 1. The third kappa shape index (κ3) is 3.93. The van der Waals surface area contributed by atoms with Gasteiger partial charge in [-0.25, -0.2) is 4.98 Å². The number of aromatic nitrogens is 4. The number of halogens is 1. The quantitative estimate of drug-likeness (QED) is 0.724. The SMILES string of the molecule is Cc1ccc(NC(=O)CN2CCN(c3cc(C)nc4ncnn34)CC2)c(Cl)c1. The van der Waals surface area contributed by atoms with Gasteiger partial charge in [0.05, 0.1) is 17.3 Å². The molecule has 2 aromatic heterocycles. The van der Waals surface area contributed by atoms with Gasteiger partial charge in [0.15, 0.2) is 0 Å². The minimum absolute atomic E-state index is 0.0578. The van der Waals surface area contributed by atoms with Gasteiger partial charge in [-0.1, -0.05) is 17.7 Å². The van der Waals surface area contributed by atoms with Gasteiger partial charge in [0.2, 0.25) is 5.91 Å². The summed E-state index contributed by atoms with van der Waals surface area (Å²) >= 11 is 6.20. The summed E-state index contributed by atoms with van der Waals surface area (Å²) in [6, 6.07) is 7.63. The number of hydrogen-bond acceptors (Lipinski definition) is 6. The molecule has 3 heterocycles. The van der Waals surface area contributed by atoms with E-state index >= 15 is 0 Å². The number of rotatable bonds is 4. The van der Waals surface area contributed by atoms with Crippen LogP contribution in [-0.4, -0.2) is 63.1 Å². The van der Waals surface area contributed by atoms with Crippen molar-refractivity contribution in [2.45, 2.75) is 13.8 Å². The number of carbonyl (C=O) groups is 1. The van der Waals surface area contributed by atoms with E-state index in [0.717, 1.165) is 43.3 Å². The molecule has 0 aliphatic carbocycles. The summed E-state index contributed by atoms with van der Waals surface area (Å²) < 4.78 is 1.76. The Kier molecular flexibility index (Phi) is 5.15. The van der Waals surface area contributed by atoms with E-state index in [1.807, 2.05) is 38.1 Å². The van der Waals surface area contributed by atoms with Gasteiger partial charge in [0, 0.05) is 37.9 Å². The van der Waals surface area contributed by atoms with Gasteiger partial charge in [0.25, 0.3) is 5.78 Å². The number of carbonyl (C=O) groups excluding carboxylic acids is 1. The van der Waals surface area contributed by atoms with Crippen LogP contribution in [0.5, 0.6) is 0 Å². The highest BCUT2D eigenvalue weighted by molar-refractivity contribution is 6.33. The molecule has 9 heteroatoms. The summed E-state index contributed by atoms with van der Waals surface area (Å²) in [6.45, 7) is 7.43. The number of aryl methyl sites for hydroxylation is 2. The number of hydrogen-bond donors (Lipinski definition) is 1. The van der Waals surface area contributed by atoms with Gasteiger partial charge in [0.1, 0.15) is 12.1 Å². The molecule has 28 heavy (non-hydrogen) atoms. The second-order valence-corrected chi connectivity index (χ2v) is 7.43. The predicted molar refractivity (Wildman–Crippen MR) is 109 cm³/mol. The molecule has 8 nitrogen and oxygen atoms in total. The van der Waals surface area contributed by atoms with Crippen molar-refractivity contribution in [3.63, 3.8) is 0 Å². The third-order valence-electron chi connectivity index (χ3n) is 4.82. The minimum atomic E-state index is -0.0578. The molecule has 1 saturated heterocycles. The Bertz CT molecular complexity index is 1010. The predicted octanol–water partition coefficient (Wildman–Crippen LogP) is 2.16. The van der Waals surface area contributed by atoms with Gasteiger partial charge >= 0.3 is 0 Å². The van der Waals surface area contributed by atoms with Crippen molar-refractivity contribution in [2.75, 3.05) is 42.9 Å². The van der Waals surface area contributed by atoms with Crippen molar-refractivity contribution < 1.29 is 4.79 Å². The number of nitrogens with zero attached hydrogens (tertiary/aromatic N) is 6. The molecule has 0 radical (unpaired) electrons. The zero-order valence-electron chi connectivity index (χ0n) is 15.9. The first-order chi connectivity index (χ1) is 13.5. The van der Waals surface area contributed by atoms with Crippen molar-refractivity contribution in [1.82, 2.24) is 24.5 Å². The summed E-state index contributed by atoms with van der Waals surface area (Å²) in [5, 5.41) is 7.73. The van der Waals surface area contributed by atoms with E-state index in [-0.39, 0.29) is 5.91 Å². The average Bonchev–Trinajstić information content (AvgIpc) is 3.12. The molecule has 4 rings (SSSR count). The topological polar surface area (TPSA) is 78.7 Å². The second-order valence-electron chi connectivity index (χ2n) is 7.02. The van der Waals surface area contributed by atoms with Crippen LogP contribution >= 0.6 is 11.6 Å². The maximum Gasteiger partial charge on any atom is 0.254 e. The van der Waals surface area contributed by atoms with E-state index in [1.54, 1.807) is 4.52 Å². The van der Waals surface area contributed by atoms with Gasteiger partial charge in [-0.05, 0) is 31.5 Å². The van der Waals surface area contributed by atoms with Gasteiger partial charge in [-0.3, -0.25) is 9.69 Å². The highest BCUT2D eigenvalue weighted by atomic mass is 35.5. The zero-order chi connectivity index (χ0) is 19.7. The summed E-state index contributed by atoms with van der Waals surface area (Å²) in [5.74, 6) is 1.53. The van der Waals surface area contributed by atoms with Crippen molar-refractivity contribution in [3.8, 4) is 0 Å². The largest absolute Gasteiger partial charge is 0.354 e. The maximum absolute atomic E-state index is 12.4. The van der Waals surface area contributed by atoms with E-state index in [4.69, 9.17) is 11.6 Å². The molecule has 1 fully saturated rings. The number of nitrogens with one attached hydrogen (secondary N) is 1. The Labute approximate surface area is 168 Å². The molecule has 146 valence electrons. The summed E-state index contributed by atoms with van der Waals surface area (Å²) in [6.07, 6.45) is 1.52. The van der Waals surface area contributed by atoms with Crippen LogP contribution in [0.1, 0.15) is 11.3 Å². The summed E-state index contributed by atoms with van der Waals surface area (Å²) in [4.78, 5) is 25.4. The Balaban J connectivity index is 1.36. The maximum atomic E-state index is 12.4. The normalized spacial score (nSPS) is 15.2. The summed E-state index contributed by atoms with van der Waals surface area (Å²) in [5.41, 5.74) is 2.62. The third-order valence-corrected chi connectivity index (χ3v) is 5.14. The highest BCUT2D eigenvalue weighted by Crippen LogP contribution is 2.23. The van der Waals surface area contributed by atoms with Gasteiger partial charge < -0.3 is 10.2 Å². The van der Waals surface area contributed by atoms with E-state index in [2.05, 4.69) is 30.2 Å². The van der Waals surface area contributed by atoms with Crippen molar-refractivity contribution in [3.05, 3.63) is 46.9 Å². The number of fused-ring (bicyclic) bond motifs is 1. The fourth-order valence-electron chi connectivity index (χ4n) is 3.39. The van der Waals surface area contributed by atoms with Crippen LogP contribution in [0.4, 0.5) is 11.5 Å². The lowest BCUT2D eigenvalue weighted by molar-refractivity contribution is -0.117. The first kappa shape index (κ1) is 18.6. The molecule has 1 aliphatic rings. The van der Waals surface area contributed by atoms with Crippen molar-refractivity contribution >= 4 is 34.8 Å². The van der Waals surface area contributed by atoms with Crippen LogP contribution in [0.3, 0.4) is 0 Å². The Morgan fingerprint density at radius 1 is 1.18 bits per heavy atom. The molecular weight excluding hydrogens is 378 g/mol. The number of anilines is 2. The Hall–Kier alpha value is -2.71. The molecule has 0 unspecified atom stereocenters. The molecule has 0 atom stereocenters. The van der Waals surface area contributed by atoms with Crippen LogP contribution in [0.2, 0.25) is 5.02 Å². The molecular formula is C19H22ClN7O. The first-order valence-corrected chi connectivity index (χ1v) is 9.58. The summed E-state index contributed by atoms with van der Waals surface area (Å²) in [7, 11) is 0. The smallest absolute Gasteiger partial charge is 0.254 e. The van der Waals surface area contributed by atoms with E-state index in [9.17, 15) is 4.79 Å². The Morgan fingerprint density at radius 2 is 1.96 bits per heavy atom.